The first-order valence-electron chi connectivity index (χ1n) is 10.5. The third-order valence-corrected chi connectivity index (χ3v) is 5.86. The maximum atomic E-state index is 4.96. The summed E-state index contributed by atoms with van der Waals surface area (Å²) in [5, 5.41) is 7.27. The predicted molar refractivity (Wildman–Crippen MR) is 129 cm³/mol. The summed E-state index contributed by atoms with van der Waals surface area (Å²) in [6.07, 6.45) is 3.73. The molecule has 5 heteroatoms. The number of rotatable bonds is 4. The molecule has 154 valence electrons. The standard InChI is InChI=1S/C25H26N4.ClH/c1-18(20-14-13-19-9-3-4-10-21(19)17-20)26-24-22-11-5-6-12-23(22)27-25(28-24)29-15-7-2-8-16-29;/h3-6,9-14,17-18H,2,7-8,15-16H2,1H3,(H,26,27,28);1H. The average molecular weight is 419 g/mol. The highest BCUT2D eigenvalue weighted by atomic mass is 35.5. The summed E-state index contributed by atoms with van der Waals surface area (Å²) < 4.78 is 0. The van der Waals surface area contributed by atoms with E-state index in [1.54, 1.807) is 0 Å². The zero-order chi connectivity index (χ0) is 19.6. The lowest BCUT2D eigenvalue weighted by Gasteiger charge is -2.27. The quantitative estimate of drug-likeness (QED) is 0.418. The van der Waals surface area contributed by atoms with Gasteiger partial charge in [0.1, 0.15) is 5.82 Å². The molecule has 1 saturated heterocycles. The maximum Gasteiger partial charge on any atom is 0.227 e. The van der Waals surface area contributed by atoms with E-state index in [0.717, 1.165) is 35.8 Å². The van der Waals surface area contributed by atoms with Crippen molar-refractivity contribution in [2.45, 2.75) is 32.2 Å². The Labute approximate surface area is 183 Å². The summed E-state index contributed by atoms with van der Waals surface area (Å²) in [6, 6.07) is 23.6. The number of nitrogens with one attached hydrogen (secondary N) is 1. The number of nitrogens with zero attached hydrogens (tertiary/aromatic N) is 3. The summed E-state index contributed by atoms with van der Waals surface area (Å²) in [6.45, 7) is 4.28. The molecule has 0 saturated carbocycles. The number of para-hydroxylation sites is 1. The molecule has 2 heterocycles. The van der Waals surface area contributed by atoms with Crippen molar-refractivity contribution in [2.24, 2.45) is 0 Å². The largest absolute Gasteiger partial charge is 0.363 e. The molecule has 0 amide bonds. The summed E-state index contributed by atoms with van der Waals surface area (Å²) in [7, 11) is 0. The van der Waals surface area contributed by atoms with Crippen LogP contribution in [0.4, 0.5) is 11.8 Å². The van der Waals surface area contributed by atoms with Crippen molar-refractivity contribution in [1.82, 2.24) is 9.97 Å². The van der Waals surface area contributed by atoms with Crippen LogP contribution in [0.15, 0.2) is 66.7 Å². The fraction of sp³-hybridized carbons (Fsp3) is 0.280. The molecule has 4 nitrogen and oxygen atoms in total. The van der Waals surface area contributed by atoms with Gasteiger partial charge in [-0.3, -0.25) is 0 Å². The van der Waals surface area contributed by atoms with E-state index in [1.165, 1.54) is 35.6 Å². The van der Waals surface area contributed by atoms with Gasteiger partial charge in [0.2, 0.25) is 5.95 Å². The monoisotopic (exact) mass is 418 g/mol. The van der Waals surface area contributed by atoms with Crippen LogP contribution in [0.1, 0.15) is 37.8 Å². The van der Waals surface area contributed by atoms with Crippen molar-refractivity contribution in [3.05, 3.63) is 72.3 Å². The highest BCUT2D eigenvalue weighted by molar-refractivity contribution is 5.90. The zero-order valence-electron chi connectivity index (χ0n) is 17.2. The number of aromatic nitrogens is 2. The third-order valence-electron chi connectivity index (χ3n) is 5.86. The number of piperidine rings is 1. The fourth-order valence-electron chi connectivity index (χ4n) is 4.18. The van der Waals surface area contributed by atoms with Gasteiger partial charge in [-0.1, -0.05) is 48.5 Å². The second kappa shape index (κ2) is 8.88. The van der Waals surface area contributed by atoms with Gasteiger partial charge in [0.15, 0.2) is 0 Å². The molecule has 0 bridgehead atoms. The number of hydrogen-bond donors (Lipinski definition) is 1. The minimum absolute atomic E-state index is 0. The van der Waals surface area contributed by atoms with Crippen LogP contribution in [0.3, 0.4) is 0 Å². The molecule has 0 radical (unpaired) electrons. The first-order chi connectivity index (χ1) is 14.3. The lowest BCUT2D eigenvalue weighted by molar-refractivity contribution is 0.569. The second-order valence-corrected chi connectivity index (χ2v) is 7.91. The summed E-state index contributed by atoms with van der Waals surface area (Å²) >= 11 is 0. The van der Waals surface area contributed by atoms with Crippen LogP contribution in [0.2, 0.25) is 0 Å². The van der Waals surface area contributed by atoms with Gasteiger partial charge >= 0.3 is 0 Å². The number of halogens is 1. The fourth-order valence-corrected chi connectivity index (χ4v) is 4.18. The zero-order valence-corrected chi connectivity index (χ0v) is 18.0. The predicted octanol–water partition coefficient (Wildman–Crippen LogP) is 6.37. The Morgan fingerprint density at radius 2 is 1.57 bits per heavy atom. The summed E-state index contributed by atoms with van der Waals surface area (Å²) in [5.74, 6) is 1.76. The van der Waals surface area contributed by atoms with Crippen molar-refractivity contribution < 1.29 is 0 Å². The van der Waals surface area contributed by atoms with Crippen molar-refractivity contribution >= 4 is 45.8 Å². The van der Waals surface area contributed by atoms with Crippen molar-refractivity contribution in [3.63, 3.8) is 0 Å². The third kappa shape index (κ3) is 4.05. The van der Waals surface area contributed by atoms with Crippen LogP contribution in [-0.4, -0.2) is 23.1 Å². The lowest BCUT2D eigenvalue weighted by Crippen LogP contribution is -2.31. The smallest absolute Gasteiger partial charge is 0.227 e. The molecule has 4 aromatic rings. The molecule has 1 unspecified atom stereocenters. The molecular formula is C25H27ClN4. The Morgan fingerprint density at radius 1 is 0.833 bits per heavy atom. The molecule has 1 aliphatic rings. The number of benzene rings is 3. The molecule has 1 N–H and O–H groups in total. The van der Waals surface area contributed by atoms with E-state index < -0.39 is 0 Å². The number of hydrogen-bond acceptors (Lipinski definition) is 4. The van der Waals surface area contributed by atoms with E-state index in [4.69, 9.17) is 9.97 Å². The van der Waals surface area contributed by atoms with Crippen LogP contribution in [0.25, 0.3) is 21.7 Å². The van der Waals surface area contributed by atoms with Gasteiger partial charge in [-0.2, -0.15) is 4.98 Å². The van der Waals surface area contributed by atoms with Crippen LogP contribution >= 0.6 is 12.4 Å². The molecular weight excluding hydrogens is 392 g/mol. The summed E-state index contributed by atoms with van der Waals surface area (Å²) in [5.41, 5.74) is 2.25. The molecule has 1 atom stereocenters. The van der Waals surface area contributed by atoms with E-state index in [0.29, 0.717) is 0 Å². The summed E-state index contributed by atoms with van der Waals surface area (Å²) in [4.78, 5) is 12.1. The SMILES string of the molecule is CC(Nc1nc(N2CCCCC2)nc2ccccc12)c1ccc2ccccc2c1.Cl. The van der Waals surface area contributed by atoms with Crippen LogP contribution in [0, 0.1) is 0 Å². The van der Waals surface area contributed by atoms with Gasteiger partial charge in [0.25, 0.3) is 0 Å². The minimum Gasteiger partial charge on any atom is -0.363 e. The topological polar surface area (TPSA) is 41.1 Å². The highest BCUT2D eigenvalue weighted by Crippen LogP contribution is 2.29. The van der Waals surface area contributed by atoms with Crippen molar-refractivity contribution in [3.8, 4) is 0 Å². The minimum atomic E-state index is 0. The van der Waals surface area contributed by atoms with E-state index in [9.17, 15) is 0 Å². The Hall–Kier alpha value is -2.85. The number of anilines is 2. The molecule has 1 aliphatic heterocycles. The van der Waals surface area contributed by atoms with E-state index in [1.807, 2.05) is 6.07 Å². The first-order valence-corrected chi connectivity index (χ1v) is 10.5. The second-order valence-electron chi connectivity index (χ2n) is 7.91. The number of fused-ring (bicyclic) bond motifs is 2. The van der Waals surface area contributed by atoms with Crippen molar-refractivity contribution in [2.75, 3.05) is 23.3 Å². The van der Waals surface area contributed by atoms with Gasteiger partial charge in [-0.25, -0.2) is 4.98 Å². The Kier molecular flexibility index (Phi) is 6.05. The first kappa shape index (κ1) is 20.4. The lowest BCUT2D eigenvalue weighted by atomic mass is 10.0. The Balaban J connectivity index is 0.00000218. The van der Waals surface area contributed by atoms with Crippen LogP contribution < -0.4 is 10.2 Å². The van der Waals surface area contributed by atoms with E-state index in [2.05, 4.69) is 77.8 Å². The molecule has 0 aliphatic carbocycles. The molecule has 30 heavy (non-hydrogen) atoms. The molecule has 3 aromatic carbocycles. The van der Waals surface area contributed by atoms with E-state index >= 15 is 0 Å². The Morgan fingerprint density at radius 3 is 2.40 bits per heavy atom. The maximum absolute atomic E-state index is 4.96. The Bertz CT molecular complexity index is 1150. The molecule has 5 rings (SSSR count). The van der Waals surface area contributed by atoms with Crippen LogP contribution in [0.5, 0.6) is 0 Å². The van der Waals surface area contributed by atoms with Crippen LogP contribution in [-0.2, 0) is 0 Å². The van der Waals surface area contributed by atoms with Gasteiger partial charge < -0.3 is 10.2 Å². The molecule has 0 spiro atoms. The highest BCUT2D eigenvalue weighted by Gasteiger charge is 2.17. The van der Waals surface area contributed by atoms with Crippen molar-refractivity contribution in [1.29, 1.82) is 0 Å². The van der Waals surface area contributed by atoms with E-state index in [-0.39, 0.29) is 18.4 Å². The normalized spacial score (nSPS) is 15.0. The van der Waals surface area contributed by atoms with Gasteiger partial charge in [0, 0.05) is 24.5 Å². The molecule has 1 aromatic heterocycles. The van der Waals surface area contributed by atoms with Gasteiger partial charge in [0.05, 0.1) is 5.52 Å². The molecule has 1 fully saturated rings. The average Bonchev–Trinajstić information content (AvgIpc) is 2.79. The van der Waals surface area contributed by atoms with Gasteiger partial charge in [-0.05, 0) is 60.7 Å². The van der Waals surface area contributed by atoms with Gasteiger partial charge in [-0.15, -0.1) is 12.4 Å².